The molecule has 2 heterocycles. The summed E-state index contributed by atoms with van der Waals surface area (Å²) in [5.41, 5.74) is 0. The Morgan fingerprint density at radius 2 is 1.36 bits per heavy atom. The van der Waals surface area contributed by atoms with E-state index in [1.807, 2.05) is 6.92 Å². The minimum Gasteiger partial charge on any atom is -0.394 e. The number of amides is 1. The number of ether oxygens (including phenoxy) is 4. The minimum absolute atomic E-state index is 0.242. The second-order valence-electron chi connectivity index (χ2n) is 11.2. The molecule has 42 heavy (non-hydrogen) atoms. The van der Waals surface area contributed by atoms with Gasteiger partial charge < -0.3 is 65.1 Å². The molecule has 0 aliphatic carbocycles. The SMILES string of the molecule is CCCCCCCC(O)C(COC1OC(CO)C(OC2OC(CO)C(O)C(O)C2O)C(O)C1O)NC(=O)CCCCC. The number of aliphatic hydroxyl groups excluding tert-OH is 8. The molecule has 2 rings (SSSR count). The van der Waals surface area contributed by atoms with Crippen molar-refractivity contribution >= 4 is 5.91 Å². The van der Waals surface area contributed by atoms with Crippen LogP contribution < -0.4 is 5.32 Å². The van der Waals surface area contributed by atoms with Gasteiger partial charge in [0.15, 0.2) is 12.6 Å². The Balaban J connectivity index is 2.03. The van der Waals surface area contributed by atoms with Crippen molar-refractivity contribution < 1.29 is 64.6 Å². The van der Waals surface area contributed by atoms with E-state index in [1.165, 1.54) is 0 Å². The summed E-state index contributed by atoms with van der Waals surface area (Å²) >= 11 is 0. The molecule has 0 spiro atoms. The van der Waals surface area contributed by atoms with Gasteiger partial charge in [-0.2, -0.15) is 0 Å². The summed E-state index contributed by atoms with van der Waals surface area (Å²) in [6.07, 6.45) is -8.42. The first-order valence-electron chi connectivity index (χ1n) is 15.3. The molecule has 14 heteroatoms. The zero-order valence-electron chi connectivity index (χ0n) is 24.7. The predicted octanol–water partition coefficient (Wildman–Crippen LogP) is -1.59. The maximum Gasteiger partial charge on any atom is 0.220 e. The Morgan fingerprint density at radius 1 is 0.762 bits per heavy atom. The van der Waals surface area contributed by atoms with Gasteiger partial charge in [-0.25, -0.2) is 0 Å². The molecular formula is C28H53NO13. The van der Waals surface area contributed by atoms with Crippen LogP contribution in [0.25, 0.3) is 0 Å². The van der Waals surface area contributed by atoms with Crippen molar-refractivity contribution in [2.75, 3.05) is 19.8 Å². The molecule has 0 aromatic heterocycles. The van der Waals surface area contributed by atoms with Crippen LogP contribution in [0.1, 0.15) is 78.1 Å². The molecule has 0 aromatic carbocycles. The fourth-order valence-electron chi connectivity index (χ4n) is 5.11. The van der Waals surface area contributed by atoms with Crippen molar-refractivity contribution in [2.24, 2.45) is 0 Å². The van der Waals surface area contributed by atoms with Crippen LogP contribution in [0.5, 0.6) is 0 Å². The van der Waals surface area contributed by atoms with E-state index < -0.39 is 86.8 Å². The molecule has 248 valence electrons. The molecule has 0 aromatic rings. The molecule has 1 amide bonds. The lowest BCUT2D eigenvalue weighted by atomic mass is 9.97. The monoisotopic (exact) mass is 611 g/mol. The van der Waals surface area contributed by atoms with Crippen LogP contribution in [0.4, 0.5) is 0 Å². The van der Waals surface area contributed by atoms with Crippen LogP contribution in [0.15, 0.2) is 0 Å². The number of hydrogen-bond donors (Lipinski definition) is 9. The van der Waals surface area contributed by atoms with Gasteiger partial charge in [-0.05, 0) is 12.8 Å². The number of unbranched alkanes of at least 4 members (excludes halogenated alkanes) is 6. The van der Waals surface area contributed by atoms with Gasteiger partial charge in [0.1, 0.15) is 48.8 Å². The van der Waals surface area contributed by atoms with Gasteiger partial charge in [0.2, 0.25) is 5.91 Å². The van der Waals surface area contributed by atoms with E-state index in [1.54, 1.807) is 0 Å². The topological polar surface area (TPSA) is 228 Å². The Labute approximate surface area is 247 Å². The zero-order valence-corrected chi connectivity index (χ0v) is 24.7. The molecule has 0 radical (unpaired) electrons. The minimum atomic E-state index is -1.77. The van der Waals surface area contributed by atoms with Crippen LogP contribution in [0, 0.1) is 0 Å². The molecule has 0 saturated carbocycles. The van der Waals surface area contributed by atoms with Crippen LogP contribution >= 0.6 is 0 Å². The van der Waals surface area contributed by atoms with E-state index in [0.717, 1.165) is 44.9 Å². The summed E-state index contributed by atoms with van der Waals surface area (Å²) in [5.74, 6) is -0.242. The second-order valence-corrected chi connectivity index (χ2v) is 11.2. The summed E-state index contributed by atoms with van der Waals surface area (Å²) in [7, 11) is 0. The first-order chi connectivity index (χ1) is 20.1. The fourth-order valence-corrected chi connectivity index (χ4v) is 5.11. The third-order valence-electron chi connectivity index (χ3n) is 7.82. The Morgan fingerprint density at radius 3 is 2.00 bits per heavy atom. The number of aliphatic hydroxyl groups is 8. The Kier molecular flexibility index (Phi) is 17.2. The van der Waals surface area contributed by atoms with E-state index in [0.29, 0.717) is 19.3 Å². The number of carbonyl (C=O) groups is 1. The highest BCUT2D eigenvalue weighted by atomic mass is 16.7. The highest BCUT2D eigenvalue weighted by Crippen LogP contribution is 2.29. The molecule has 2 saturated heterocycles. The van der Waals surface area contributed by atoms with Crippen LogP contribution in [0.2, 0.25) is 0 Å². The van der Waals surface area contributed by atoms with Gasteiger partial charge >= 0.3 is 0 Å². The normalized spacial score (nSPS) is 35.1. The molecule has 2 aliphatic heterocycles. The summed E-state index contributed by atoms with van der Waals surface area (Å²) in [6.45, 7) is 2.49. The molecule has 9 N–H and O–H groups in total. The van der Waals surface area contributed by atoms with Crippen molar-refractivity contribution in [3.8, 4) is 0 Å². The molecular weight excluding hydrogens is 558 g/mol. The first kappa shape index (κ1) is 37.2. The van der Waals surface area contributed by atoms with E-state index in [2.05, 4.69) is 12.2 Å². The lowest BCUT2D eigenvalue weighted by Crippen LogP contribution is -2.65. The third kappa shape index (κ3) is 10.9. The van der Waals surface area contributed by atoms with E-state index >= 15 is 0 Å². The van der Waals surface area contributed by atoms with Gasteiger partial charge in [-0.1, -0.05) is 58.8 Å². The van der Waals surface area contributed by atoms with Crippen molar-refractivity contribution in [1.29, 1.82) is 0 Å². The zero-order chi connectivity index (χ0) is 31.2. The highest BCUT2D eigenvalue weighted by molar-refractivity contribution is 5.76. The summed E-state index contributed by atoms with van der Waals surface area (Å²) < 4.78 is 22.2. The summed E-state index contributed by atoms with van der Waals surface area (Å²) in [5, 5.41) is 84.9. The van der Waals surface area contributed by atoms with Crippen molar-refractivity contribution in [3.63, 3.8) is 0 Å². The average Bonchev–Trinajstić information content (AvgIpc) is 2.98. The largest absolute Gasteiger partial charge is 0.394 e. The molecule has 2 fully saturated rings. The highest BCUT2D eigenvalue weighted by Gasteiger charge is 2.50. The molecule has 12 atom stereocenters. The van der Waals surface area contributed by atoms with Gasteiger partial charge in [-0.3, -0.25) is 4.79 Å². The second kappa shape index (κ2) is 19.4. The lowest BCUT2D eigenvalue weighted by molar-refractivity contribution is -0.359. The first-order valence-corrected chi connectivity index (χ1v) is 15.3. The van der Waals surface area contributed by atoms with Crippen LogP contribution in [0.3, 0.4) is 0 Å². The van der Waals surface area contributed by atoms with Crippen molar-refractivity contribution in [1.82, 2.24) is 5.32 Å². The predicted molar refractivity (Wildman–Crippen MR) is 148 cm³/mol. The Hall–Kier alpha value is -1.01. The number of hydrogen-bond acceptors (Lipinski definition) is 13. The Bertz CT molecular complexity index is 745. The quantitative estimate of drug-likeness (QED) is 0.0752. The average molecular weight is 612 g/mol. The maximum atomic E-state index is 12.5. The van der Waals surface area contributed by atoms with E-state index in [4.69, 9.17) is 18.9 Å². The summed E-state index contributed by atoms with van der Waals surface area (Å²) in [6, 6.07) is -0.811. The maximum absolute atomic E-state index is 12.5. The van der Waals surface area contributed by atoms with Crippen LogP contribution in [-0.2, 0) is 23.7 Å². The molecule has 14 nitrogen and oxygen atoms in total. The van der Waals surface area contributed by atoms with Crippen molar-refractivity contribution in [3.05, 3.63) is 0 Å². The standard InChI is InChI=1S/C28H53NO13/c1-3-5-7-8-10-11-17(32)16(29-20(33)12-9-6-4-2)15-39-27-25(38)23(36)26(19(14-31)41-27)42-28-24(37)22(35)21(34)18(13-30)40-28/h16-19,21-28,30-32,34-38H,3-15H2,1-2H3,(H,29,33). The number of rotatable bonds is 19. The number of nitrogens with one attached hydrogen (secondary N) is 1. The van der Waals surface area contributed by atoms with Gasteiger partial charge in [0, 0.05) is 6.42 Å². The van der Waals surface area contributed by atoms with Crippen LogP contribution in [-0.4, -0.2) is 140 Å². The smallest absolute Gasteiger partial charge is 0.220 e. The van der Waals surface area contributed by atoms with Gasteiger partial charge in [-0.15, -0.1) is 0 Å². The van der Waals surface area contributed by atoms with E-state index in [9.17, 15) is 45.6 Å². The van der Waals surface area contributed by atoms with Gasteiger partial charge in [0.25, 0.3) is 0 Å². The molecule has 0 bridgehead atoms. The molecule has 2 aliphatic rings. The lowest BCUT2D eigenvalue weighted by Gasteiger charge is -2.46. The fraction of sp³-hybridized carbons (Fsp3) is 0.964. The van der Waals surface area contributed by atoms with Gasteiger partial charge in [0.05, 0.1) is 32.0 Å². The number of carbonyl (C=O) groups excluding carboxylic acids is 1. The van der Waals surface area contributed by atoms with Crippen molar-refractivity contribution in [2.45, 2.75) is 152 Å². The summed E-state index contributed by atoms with van der Waals surface area (Å²) in [4.78, 5) is 12.5. The third-order valence-corrected chi connectivity index (χ3v) is 7.82. The molecule has 12 unspecified atom stereocenters. The van der Waals surface area contributed by atoms with E-state index in [-0.39, 0.29) is 12.5 Å².